The predicted octanol–water partition coefficient (Wildman–Crippen LogP) is 1.23. The van der Waals surface area contributed by atoms with Crippen LogP contribution in [-0.4, -0.2) is 100 Å². The van der Waals surface area contributed by atoms with Crippen LogP contribution < -0.4 is 0 Å². The van der Waals surface area contributed by atoms with Crippen LogP contribution in [0.15, 0.2) is 0 Å². The molecular weight excluding hydrogens is 601 g/mol. The number of esters is 4. The van der Waals surface area contributed by atoms with Crippen molar-refractivity contribution in [2.75, 3.05) is 34.5 Å². The number of hydrogen-bond donors (Lipinski definition) is 0. The second-order valence-electron chi connectivity index (χ2n) is 6.75. The molecule has 0 radical (unpaired) electrons. The Hall–Kier alpha value is -0.500. The van der Waals surface area contributed by atoms with E-state index in [2.05, 4.69) is 0 Å². The highest BCUT2D eigenvalue weighted by atomic mass is 33.1. The van der Waals surface area contributed by atoms with E-state index in [4.69, 9.17) is 18.9 Å². The highest BCUT2D eigenvalue weighted by Gasteiger charge is 2.29. The van der Waals surface area contributed by atoms with Crippen molar-refractivity contribution in [1.82, 2.24) is 0 Å². The lowest BCUT2D eigenvalue weighted by atomic mass is 10.2. The van der Waals surface area contributed by atoms with Gasteiger partial charge in [-0.05, 0) is 0 Å². The summed E-state index contributed by atoms with van der Waals surface area (Å²) in [7, 11) is 5.45. The van der Waals surface area contributed by atoms with Gasteiger partial charge in [0, 0.05) is 50.7 Å². The molecule has 210 valence electrons. The topological polar surface area (TPSA) is 185 Å². The molecule has 0 N–H and O–H groups in total. The molecule has 0 bridgehead atoms. The Morgan fingerprint density at radius 2 is 0.861 bits per heavy atom. The molecule has 12 nitrogen and oxygen atoms in total. The van der Waals surface area contributed by atoms with Gasteiger partial charge in [0.05, 0.1) is 11.5 Å². The zero-order chi connectivity index (χ0) is 27.7. The van der Waals surface area contributed by atoms with E-state index >= 15 is 0 Å². The van der Waals surface area contributed by atoms with E-state index < -0.39 is 82.0 Å². The molecule has 0 aliphatic heterocycles. The lowest BCUT2D eigenvalue weighted by Crippen LogP contribution is -2.40. The molecule has 0 rings (SSSR count). The van der Waals surface area contributed by atoms with Gasteiger partial charge in [0.15, 0.2) is 0 Å². The second kappa shape index (κ2) is 20.5. The van der Waals surface area contributed by atoms with Crippen LogP contribution in [0.25, 0.3) is 0 Å². The van der Waals surface area contributed by atoms with Gasteiger partial charge in [-0.3, -0.25) is 27.6 Å². The monoisotopic (exact) mass is 628 g/mol. The third-order valence-corrected chi connectivity index (χ3v) is 9.86. The summed E-state index contributed by atoms with van der Waals surface area (Å²) in [5.41, 5.74) is 0. The predicted molar refractivity (Wildman–Crippen MR) is 140 cm³/mol. The van der Waals surface area contributed by atoms with E-state index in [0.29, 0.717) is 11.5 Å². The first-order valence-corrected chi connectivity index (χ1v) is 17.6. The fraction of sp³-hybridized carbons (Fsp3) is 0.778. The van der Waals surface area contributed by atoms with Crippen molar-refractivity contribution in [2.24, 2.45) is 0 Å². The van der Waals surface area contributed by atoms with E-state index in [1.165, 1.54) is 57.0 Å². The first-order chi connectivity index (χ1) is 16.8. The van der Waals surface area contributed by atoms with E-state index in [1.54, 1.807) is 0 Å². The van der Waals surface area contributed by atoms with Crippen molar-refractivity contribution in [1.29, 1.82) is 0 Å². The zero-order valence-corrected chi connectivity index (χ0v) is 24.8. The van der Waals surface area contributed by atoms with Crippen LogP contribution in [0.2, 0.25) is 0 Å². The highest BCUT2D eigenvalue weighted by molar-refractivity contribution is 8.78. The van der Waals surface area contributed by atoms with E-state index in [1.807, 2.05) is 0 Å². The third-order valence-electron chi connectivity index (χ3n) is 3.58. The Morgan fingerprint density at radius 1 is 0.583 bits per heavy atom. The maximum absolute atomic E-state index is 11.4. The quantitative estimate of drug-likeness (QED) is 0.0653. The van der Waals surface area contributed by atoms with Gasteiger partial charge in [-0.2, -0.15) is 0 Å². The van der Waals surface area contributed by atoms with Gasteiger partial charge in [0.25, 0.3) is 0 Å². The largest absolute Gasteiger partial charge is 0.772 e. The van der Waals surface area contributed by atoms with Crippen LogP contribution in [0, 0.1) is 0 Å². The molecule has 2 unspecified atom stereocenters. The van der Waals surface area contributed by atoms with Gasteiger partial charge >= 0.3 is 23.9 Å². The van der Waals surface area contributed by atoms with E-state index in [-0.39, 0.29) is 11.5 Å². The molecule has 36 heavy (non-hydrogen) atoms. The van der Waals surface area contributed by atoms with Crippen LogP contribution in [0.5, 0.6) is 0 Å². The van der Waals surface area contributed by atoms with Crippen LogP contribution in [0.1, 0.15) is 27.7 Å². The average Bonchev–Trinajstić information content (AvgIpc) is 2.71. The van der Waals surface area contributed by atoms with Crippen molar-refractivity contribution in [3.05, 3.63) is 0 Å². The molecule has 0 fully saturated rings. The molecule has 0 saturated heterocycles. The number of carbonyl (C=O) groups is 4. The number of hydrogen-bond acceptors (Lipinski definition) is 16. The molecule has 0 aliphatic rings. The summed E-state index contributed by atoms with van der Waals surface area (Å²) in [4.78, 5) is 45.4. The fourth-order valence-corrected chi connectivity index (χ4v) is 8.63. The molecule has 0 spiro atoms. The van der Waals surface area contributed by atoms with E-state index in [0.717, 1.165) is 13.8 Å². The fourth-order valence-electron chi connectivity index (χ4n) is 2.41. The maximum atomic E-state index is 11.4. The molecule has 0 saturated carbocycles. The number of ether oxygens (including phenoxy) is 4. The van der Waals surface area contributed by atoms with Crippen LogP contribution in [0.3, 0.4) is 0 Å². The van der Waals surface area contributed by atoms with Crippen LogP contribution >= 0.6 is 43.2 Å². The number of carbonyl (C=O) groups excluding carboxylic acids is 4. The van der Waals surface area contributed by atoms with Gasteiger partial charge in [-0.25, -0.2) is 0 Å². The minimum absolute atomic E-state index is 0.183. The maximum Gasteiger partial charge on any atom is 0.303 e. The van der Waals surface area contributed by atoms with Crippen molar-refractivity contribution in [3.8, 4) is 0 Å². The van der Waals surface area contributed by atoms with Crippen molar-refractivity contribution in [2.45, 2.75) is 52.1 Å². The number of rotatable bonds is 19. The smallest absolute Gasteiger partial charge is 0.303 e. The average molecular weight is 629 g/mol. The summed E-state index contributed by atoms with van der Waals surface area (Å²) in [5, 5.41) is 0. The molecule has 0 heterocycles. The molecule has 6 atom stereocenters. The summed E-state index contributed by atoms with van der Waals surface area (Å²) < 4.78 is 64.6. The Morgan fingerprint density at radius 3 is 1.11 bits per heavy atom. The molecule has 18 heteroatoms. The first kappa shape index (κ1) is 35.5. The van der Waals surface area contributed by atoms with Crippen molar-refractivity contribution < 1.29 is 55.6 Å². The van der Waals surface area contributed by atoms with Gasteiger partial charge < -0.3 is 28.1 Å². The minimum Gasteiger partial charge on any atom is -0.772 e. The molecule has 0 amide bonds. The van der Waals surface area contributed by atoms with Gasteiger partial charge in [-0.15, -0.1) is 0 Å². The molecular formula is C18H28O12S6-2. The summed E-state index contributed by atoms with van der Waals surface area (Å²) in [6.07, 6.45) is -4.15. The second-order valence-corrected chi connectivity index (χ2v) is 13.9. The standard InChI is InChI=1S/C18H30O12S6/c1-11(19)27-15(17(9-35(23)24)29-13(3)21)7-33-31-5-6-32-34-8-16(28-12(2)20)18(10-36(25)26)30-14(4)22/h15-18H,5-10H2,1-4H3,(H,23,24)(H,25,26)/p-2/t15-,16-,17-,18-/m1/s1. The summed E-state index contributed by atoms with van der Waals surface area (Å²) in [6.45, 7) is 4.59. The molecule has 0 aromatic heterocycles. The molecule has 0 aromatic rings. The first-order valence-electron chi connectivity index (χ1n) is 10.1. The Balaban J connectivity index is 4.64. The third kappa shape index (κ3) is 19.6. The van der Waals surface area contributed by atoms with Crippen molar-refractivity contribution in [3.63, 3.8) is 0 Å². The molecule has 0 aliphatic carbocycles. The SMILES string of the molecule is CC(=O)O[C@H](CSSCCSSC[C@@H](OC(C)=O)[C@@H](CS(=O)[O-])OC(C)=O)[C@@H](CS(=O)[O-])OC(C)=O. The normalized spacial score (nSPS) is 16.1. The Kier molecular flexibility index (Phi) is 20.2. The van der Waals surface area contributed by atoms with Crippen molar-refractivity contribution >= 4 is 89.2 Å². The van der Waals surface area contributed by atoms with Gasteiger partial charge in [-0.1, -0.05) is 65.3 Å². The Bertz CT molecular complexity index is 673. The van der Waals surface area contributed by atoms with Crippen LogP contribution in [0.4, 0.5) is 0 Å². The minimum atomic E-state index is -2.51. The van der Waals surface area contributed by atoms with E-state index in [9.17, 15) is 36.7 Å². The van der Waals surface area contributed by atoms with Gasteiger partial charge in [0.2, 0.25) is 0 Å². The Labute approximate surface area is 230 Å². The summed E-state index contributed by atoms with van der Waals surface area (Å²) >= 11 is -5.02. The van der Waals surface area contributed by atoms with Gasteiger partial charge in [0.1, 0.15) is 24.4 Å². The zero-order valence-electron chi connectivity index (χ0n) is 19.9. The molecule has 0 aromatic carbocycles. The lowest BCUT2D eigenvalue weighted by molar-refractivity contribution is -0.161. The summed E-state index contributed by atoms with van der Waals surface area (Å²) in [6, 6.07) is 0. The highest BCUT2D eigenvalue weighted by Crippen LogP contribution is 2.30. The summed E-state index contributed by atoms with van der Waals surface area (Å²) in [5.74, 6) is -2.07. The van der Waals surface area contributed by atoms with Crippen LogP contribution in [-0.2, 0) is 60.3 Å². The lowest BCUT2D eigenvalue weighted by Gasteiger charge is -2.26.